The van der Waals surface area contributed by atoms with Crippen LogP contribution in [0, 0.1) is 11.3 Å². The van der Waals surface area contributed by atoms with E-state index in [4.69, 9.17) is 21.6 Å². The van der Waals surface area contributed by atoms with Gasteiger partial charge in [0, 0.05) is 17.1 Å². The third kappa shape index (κ3) is 3.53. The van der Waals surface area contributed by atoms with E-state index in [2.05, 4.69) is 11.4 Å². The molecule has 0 aliphatic carbocycles. The predicted molar refractivity (Wildman–Crippen MR) is 87.9 cm³/mol. The Hall–Kier alpha value is -2.77. The van der Waals surface area contributed by atoms with Gasteiger partial charge in [-0.2, -0.15) is 5.26 Å². The molecule has 23 heavy (non-hydrogen) atoms. The number of amides is 1. The van der Waals surface area contributed by atoms with Gasteiger partial charge in [0.2, 0.25) is 0 Å². The summed E-state index contributed by atoms with van der Waals surface area (Å²) in [5.74, 6) is 0.519. The molecule has 3 rings (SSSR count). The lowest BCUT2D eigenvalue weighted by molar-refractivity contribution is -0.117. The summed E-state index contributed by atoms with van der Waals surface area (Å²) < 4.78 is 5.57. The highest BCUT2D eigenvalue weighted by Gasteiger charge is 2.17. The Morgan fingerprint density at radius 3 is 3.00 bits per heavy atom. The molecule has 1 N–H and O–H groups in total. The highest BCUT2D eigenvalue weighted by atomic mass is 35.5. The van der Waals surface area contributed by atoms with Crippen LogP contribution in [0.4, 0.5) is 0 Å². The van der Waals surface area contributed by atoms with Crippen molar-refractivity contribution < 1.29 is 9.53 Å². The van der Waals surface area contributed by atoms with Crippen LogP contribution >= 0.6 is 11.6 Å². The molecule has 0 spiro atoms. The number of hydrogen-bond donors (Lipinski definition) is 1. The summed E-state index contributed by atoms with van der Waals surface area (Å²) in [4.78, 5) is 12.3. The molecule has 0 atom stereocenters. The summed E-state index contributed by atoms with van der Waals surface area (Å²) in [7, 11) is 0. The zero-order valence-corrected chi connectivity index (χ0v) is 12.9. The molecule has 0 unspecified atom stereocenters. The fourth-order valence-electron chi connectivity index (χ4n) is 2.33. The largest absolute Gasteiger partial charge is 0.488 e. The van der Waals surface area contributed by atoms with Gasteiger partial charge in [-0.1, -0.05) is 23.7 Å². The van der Waals surface area contributed by atoms with E-state index >= 15 is 0 Å². The lowest BCUT2D eigenvalue weighted by atomic mass is 10.1. The van der Waals surface area contributed by atoms with Crippen molar-refractivity contribution >= 4 is 23.6 Å². The molecule has 0 bridgehead atoms. The molecule has 4 nitrogen and oxygen atoms in total. The lowest BCUT2D eigenvalue weighted by Gasteiger charge is -2.17. The van der Waals surface area contributed by atoms with Gasteiger partial charge in [0.15, 0.2) is 0 Å². The lowest BCUT2D eigenvalue weighted by Crippen LogP contribution is -2.28. The predicted octanol–water partition coefficient (Wildman–Crippen LogP) is 3.30. The van der Waals surface area contributed by atoms with Gasteiger partial charge in [0.1, 0.15) is 12.4 Å². The van der Waals surface area contributed by atoms with E-state index in [1.165, 1.54) is 0 Å². The highest BCUT2D eigenvalue weighted by Crippen LogP contribution is 2.28. The Labute approximate surface area is 139 Å². The van der Waals surface area contributed by atoms with Crippen molar-refractivity contribution in [1.29, 1.82) is 5.26 Å². The molecule has 1 aliphatic heterocycles. The molecule has 2 aromatic carbocycles. The minimum absolute atomic E-state index is 0.196. The number of fused-ring (bicyclic) bond motifs is 1. The number of hydrogen-bond acceptors (Lipinski definition) is 3. The second-order valence-corrected chi connectivity index (χ2v) is 5.57. The zero-order chi connectivity index (χ0) is 16.2. The maximum atomic E-state index is 12.3. The minimum atomic E-state index is -0.196. The first kappa shape index (κ1) is 15.1. The standard InChI is InChI=1S/C18H13ClN2O2/c19-16-4-5-17-14(8-16)7-15(11-23-17)18(22)21-10-13-3-1-2-12(6-13)9-20/h1-8H,10-11H2,(H,21,22). The summed E-state index contributed by atoms with van der Waals surface area (Å²) in [5, 5.41) is 12.3. The van der Waals surface area contributed by atoms with Crippen molar-refractivity contribution in [3.8, 4) is 11.8 Å². The van der Waals surface area contributed by atoms with E-state index in [1.54, 1.807) is 42.5 Å². The van der Waals surface area contributed by atoms with Crippen LogP contribution in [-0.2, 0) is 11.3 Å². The first-order chi connectivity index (χ1) is 11.2. The number of benzene rings is 2. The third-order valence-corrected chi connectivity index (χ3v) is 3.72. The summed E-state index contributed by atoms with van der Waals surface area (Å²) >= 11 is 5.96. The van der Waals surface area contributed by atoms with Crippen molar-refractivity contribution in [1.82, 2.24) is 5.32 Å². The third-order valence-electron chi connectivity index (χ3n) is 3.49. The monoisotopic (exact) mass is 324 g/mol. The van der Waals surface area contributed by atoms with Crippen LogP contribution in [0.25, 0.3) is 6.08 Å². The molecule has 114 valence electrons. The maximum absolute atomic E-state index is 12.3. The second kappa shape index (κ2) is 6.55. The molecule has 1 aliphatic rings. The Morgan fingerprint density at radius 2 is 2.17 bits per heavy atom. The molecular formula is C18H13ClN2O2. The van der Waals surface area contributed by atoms with E-state index < -0.39 is 0 Å². The van der Waals surface area contributed by atoms with Crippen LogP contribution in [-0.4, -0.2) is 12.5 Å². The Balaban J connectivity index is 1.70. The maximum Gasteiger partial charge on any atom is 0.250 e. The smallest absolute Gasteiger partial charge is 0.250 e. The van der Waals surface area contributed by atoms with Gasteiger partial charge in [-0.05, 0) is 42.0 Å². The van der Waals surface area contributed by atoms with E-state index in [0.29, 0.717) is 28.5 Å². The minimum Gasteiger partial charge on any atom is -0.488 e. The Morgan fingerprint density at radius 1 is 1.30 bits per heavy atom. The average molecular weight is 325 g/mol. The van der Waals surface area contributed by atoms with Crippen molar-refractivity contribution in [3.05, 3.63) is 69.8 Å². The van der Waals surface area contributed by atoms with E-state index in [-0.39, 0.29) is 12.5 Å². The van der Waals surface area contributed by atoms with Gasteiger partial charge >= 0.3 is 0 Å². The SMILES string of the molecule is N#Cc1cccc(CNC(=O)C2=Cc3cc(Cl)ccc3OC2)c1. The Bertz CT molecular complexity index is 837. The van der Waals surface area contributed by atoms with Crippen LogP contribution in [0.15, 0.2) is 48.0 Å². The van der Waals surface area contributed by atoms with Gasteiger partial charge in [0.05, 0.1) is 17.2 Å². The fourth-order valence-corrected chi connectivity index (χ4v) is 2.51. The molecule has 0 saturated heterocycles. The summed E-state index contributed by atoms with van der Waals surface area (Å²) in [6, 6.07) is 14.5. The molecule has 2 aromatic rings. The molecule has 0 fully saturated rings. The summed E-state index contributed by atoms with van der Waals surface area (Å²) in [6.07, 6.45) is 1.78. The zero-order valence-electron chi connectivity index (χ0n) is 12.2. The van der Waals surface area contributed by atoms with Gasteiger partial charge in [0.25, 0.3) is 5.91 Å². The van der Waals surface area contributed by atoms with Gasteiger partial charge in [-0.25, -0.2) is 0 Å². The van der Waals surface area contributed by atoms with Gasteiger partial charge in [-0.3, -0.25) is 4.79 Å². The van der Waals surface area contributed by atoms with E-state index in [1.807, 2.05) is 6.07 Å². The summed E-state index contributed by atoms with van der Waals surface area (Å²) in [5.41, 5.74) is 2.77. The van der Waals surface area contributed by atoms with Crippen LogP contribution < -0.4 is 10.1 Å². The van der Waals surface area contributed by atoms with Crippen LogP contribution in [0.3, 0.4) is 0 Å². The first-order valence-electron chi connectivity index (χ1n) is 7.06. The van der Waals surface area contributed by atoms with Crippen LogP contribution in [0.5, 0.6) is 5.75 Å². The molecule has 0 radical (unpaired) electrons. The normalized spacial score (nSPS) is 12.4. The Kier molecular flexibility index (Phi) is 4.31. The number of rotatable bonds is 3. The van der Waals surface area contributed by atoms with Crippen LogP contribution in [0.1, 0.15) is 16.7 Å². The average Bonchev–Trinajstić information content (AvgIpc) is 2.59. The molecule has 1 heterocycles. The quantitative estimate of drug-likeness (QED) is 0.942. The number of nitrogens with one attached hydrogen (secondary N) is 1. The molecule has 0 saturated carbocycles. The summed E-state index contributed by atoms with van der Waals surface area (Å²) in [6.45, 7) is 0.576. The van der Waals surface area contributed by atoms with Crippen LogP contribution in [0.2, 0.25) is 5.02 Å². The van der Waals surface area contributed by atoms with Gasteiger partial charge in [-0.15, -0.1) is 0 Å². The van der Waals surface area contributed by atoms with E-state index in [9.17, 15) is 4.79 Å². The number of nitrogens with zero attached hydrogens (tertiary/aromatic N) is 1. The molecular weight excluding hydrogens is 312 g/mol. The van der Waals surface area contributed by atoms with Crippen molar-refractivity contribution in [2.45, 2.75) is 6.54 Å². The second-order valence-electron chi connectivity index (χ2n) is 5.14. The number of nitriles is 1. The number of carbonyl (C=O) groups excluding carboxylic acids is 1. The van der Waals surface area contributed by atoms with Crippen molar-refractivity contribution in [2.24, 2.45) is 0 Å². The molecule has 1 amide bonds. The van der Waals surface area contributed by atoms with Crippen molar-refractivity contribution in [2.75, 3.05) is 6.61 Å². The molecule has 5 heteroatoms. The van der Waals surface area contributed by atoms with Crippen molar-refractivity contribution in [3.63, 3.8) is 0 Å². The van der Waals surface area contributed by atoms with E-state index in [0.717, 1.165) is 11.1 Å². The number of carbonyl (C=O) groups is 1. The fraction of sp³-hybridized carbons (Fsp3) is 0.111. The topological polar surface area (TPSA) is 62.1 Å². The van der Waals surface area contributed by atoms with Gasteiger partial charge < -0.3 is 10.1 Å². The highest BCUT2D eigenvalue weighted by molar-refractivity contribution is 6.30. The number of halogens is 1. The first-order valence-corrected chi connectivity index (χ1v) is 7.43. The number of ether oxygens (including phenoxy) is 1. The molecule has 0 aromatic heterocycles.